The molecule has 0 aliphatic rings. The second-order valence-electron chi connectivity index (χ2n) is 6.26. The molecule has 3 rings (SSSR count). The third kappa shape index (κ3) is 5.62. The lowest BCUT2D eigenvalue weighted by molar-refractivity contribution is 0.102. The normalized spacial score (nSPS) is 11.1. The first-order valence-electron chi connectivity index (χ1n) is 9.02. The molecule has 162 valence electrons. The molecular weight excluding hydrogens is 483 g/mol. The summed E-state index contributed by atoms with van der Waals surface area (Å²) in [5, 5.41) is 3.12. The fourth-order valence-electron chi connectivity index (χ4n) is 2.64. The number of rotatable bonds is 7. The molecule has 0 atom stereocenters. The van der Waals surface area contributed by atoms with E-state index in [-0.39, 0.29) is 31.3 Å². The molecule has 3 aromatic carbocycles. The molecule has 31 heavy (non-hydrogen) atoms. The second-order valence-corrected chi connectivity index (χ2v) is 9.17. The average Bonchev–Trinajstić information content (AvgIpc) is 2.73. The van der Waals surface area contributed by atoms with Crippen LogP contribution in [0.2, 0.25) is 15.1 Å². The zero-order valence-corrected chi connectivity index (χ0v) is 19.2. The zero-order valence-electron chi connectivity index (χ0n) is 16.2. The van der Waals surface area contributed by atoms with Gasteiger partial charge < -0.3 is 10.1 Å². The molecule has 0 aromatic heterocycles. The molecular formula is C21H17Cl3N2O4S. The van der Waals surface area contributed by atoms with Crippen LogP contribution in [0.4, 0.5) is 11.4 Å². The molecule has 0 aliphatic carbocycles. The van der Waals surface area contributed by atoms with Crippen molar-refractivity contribution in [3.8, 4) is 5.75 Å². The molecule has 2 N–H and O–H groups in total. The Morgan fingerprint density at radius 3 is 2.26 bits per heavy atom. The van der Waals surface area contributed by atoms with Crippen LogP contribution in [-0.2, 0) is 10.0 Å². The highest BCUT2D eigenvalue weighted by atomic mass is 35.5. The molecule has 1 amide bonds. The number of carbonyl (C=O) groups excluding carboxylic acids is 1. The van der Waals surface area contributed by atoms with Gasteiger partial charge in [0.1, 0.15) is 5.75 Å². The Morgan fingerprint density at radius 1 is 0.903 bits per heavy atom. The Labute approximate surface area is 195 Å². The zero-order chi connectivity index (χ0) is 22.6. The molecule has 6 nitrogen and oxygen atoms in total. The van der Waals surface area contributed by atoms with E-state index in [0.717, 1.165) is 0 Å². The van der Waals surface area contributed by atoms with Gasteiger partial charge in [0.25, 0.3) is 15.9 Å². The number of halogens is 3. The van der Waals surface area contributed by atoms with Gasteiger partial charge >= 0.3 is 0 Å². The van der Waals surface area contributed by atoms with Crippen LogP contribution in [0, 0.1) is 0 Å². The molecule has 0 bridgehead atoms. The van der Waals surface area contributed by atoms with Crippen molar-refractivity contribution in [2.75, 3.05) is 16.6 Å². The summed E-state index contributed by atoms with van der Waals surface area (Å²) in [5.74, 6) is -0.0742. The van der Waals surface area contributed by atoms with Gasteiger partial charge in [-0.05, 0) is 49.4 Å². The molecule has 0 radical (unpaired) electrons. The van der Waals surface area contributed by atoms with Gasteiger partial charge in [-0.3, -0.25) is 9.52 Å². The number of sulfonamides is 1. The van der Waals surface area contributed by atoms with E-state index in [4.69, 9.17) is 39.5 Å². The van der Waals surface area contributed by atoms with Gasteiger partial charge in [-0.15, -0.1) is 0 Å². The molecule has 0 aliphatic heterocycles. The Hall–Kier alpha value is -2.45. The Bertz CT molecular complexity index is 1220. The standard InChI is InChI=1S/C21H17Cl3N2O4S/c1-2-30-20-9-8-14(10-19(20)25-21(27)13-6-4-3-5-7-13)31(28,29)26-18-12-16(23)15(22)11-17(18)24/h3-12,26H,2H2,1H3,(H,25,27). The predicted molar refractivity (Wildman–Crippen MR) is 124 cm³/mol. The minimum atomic E-state index is -4.06. The van der Waals surface area contributed by atoms with Crippen LogP contribution in [0.15, 0.2) is 65.6 Å². The first-order valence-corrected chi connectivity index (χ1v) is 11.6. The molecule has 0 fully saturated rings. The van der Waals surface area contributed by atoms with Gasteiger partial charge in [0, 0.05) is 5.56 Å². The van der Waals surface area contributed by atoms with Crippen LogP contribution in [0.1, 0.15) is 17.3 Å². The molecule has 3 aromatic rings. The number of ether oxygens (including phenoxy) is 1. The SMILES string of the molecule is CCOc1ccc(S(=O)(=O)Nc2cc(Cl)c(Cl)cc2Cl)cc1NC(=O)c1ccccc1. The van der Waals surface area contributed by atoms with Crippen LogP contribution in [0.25, 0.3) is 0 Å². The molecule has 0 unspecified atom stereocenters. The number of amides is 1. The summed E-state index contributed by atoms with van der Waals surface area (Å²) in [6, 6.07) is 15.3. The average molecular weight is 500 g/mol. The molecule has 0 spiro atoms. The van der Waals surface area contributed by atoms with Crippen molar-refractivity contribution < 1.29 is 17.9 Å². The van der Waals surface area contributed by atoms with Crippen molar-refractivity contribution in [3.63, 3.8) is 0 Å². The van der Waals surface area contributed by atoms with Gasteiger partial charge in [-0.25, -0.2) is 8.42 Å². The summed E-state index contributed by atoms with van der Waals surface area (Å²) in [4.78, 5) is 12.5. The van der Waals surface area contributed by atoms with Crippen molar-refractivity contribution in [1.29, 1.82) is 0 Å². The van der Waals surface area contributed by atoms with Crippen LogP contribution >= 0.6 is 34.8 Å². The van der Waals surface area contributed by atoms with Gasteiger partial charge in [-0.1, -0.05) is 53.0 Å². The first-order chi connectivity index (χ1) is 14.7. The summed E-state index contributed by atoms with van der Waals surface area (Å²) < 4.78 is 33.8. The lowest BCUT2D eigenvalue weighted by atomic mass is 10.2. The monoisotopic (exact) mass is 498 g/mol. The minimum absolute atomic E-state index is 0.0693. The van der Waals surface area contributed by atoms with E-state index in [1.807, 2.05) is 0 Å². The van der Waals surface area contributed by atoms with Crippen molar-refractivity contribution >= 4 is 62.1 Å². The van der Waals surface area contributed by atoms with Crippen molar-refractivity contribution in [2.24, 2.45) is 0 Å². The molecule has 0 saturated heterocycles. The van der Waals surface area contributed by atoms with Gasteiger partial charge in [-0.2, -0.15) is 0 Å². The molecule has 10 heteroatoms. The summed E-state index contributed by atoms with van der Waals surface area (Å²) >= 11 is 17.9. The summed E-state index contributed by atoms with van der Waals surface area (Å²) in [7, 11) is -4.06. The summed E-state index contributed by atoms with van der Waals surface area (Å²) in [6.45, 7) is 2.11. The van der Waals surface area contributed by atoms with Gasteiger partial charge in [0.2, 0.25) is 0 Å². The third-order valence-electron chi connectivity index (χ3n) is 4.10. The third-order valence-corrected chi connectivity index (χ3v) is 6.50. The number of carbonyl (C=O) groups is 1. The van der Waals surface area contributed by atoms with Crippen molar-refractivity contribution in [2.45, 2.75) is 11.8 Å². The van der Waals surface area contributed by atoms with E-state index in [1.54, 1.807) is 37.3 Å². The van der Waals surface area contributed by atoms with E-state index in [2.05, 4.69) is 10.0 Å². The van der Waals surface area contributed by atoms with E-state index >= 15 is 0 Å². The number of nitrogens with one attached hydrogen (secondary N) is 2. The Kier molecular flexibility index (Phi) is 7.33. The largest absolute Gasteiger partial charge is 0.492 e. The number of benzene rings is 3. The number of anilines is 2. The maximum Gasteiger partial charge on any atom is 0.262 e. The van der Waals surface area contributed by atoms with E-state index in [9.17, 15) is 13.2 Å². The van der Waals surface area contributed by atoms with Gasteiger partial charge in [0.15, 0.2) is 0 Å². The minimum Gasteiger partial charge on any atom is -0.492 e. The smallest absolute Gasteiger partial charge is 0.262 e. The van der Waals surface area contributed by atoms with Crippen LogP contribution in [-0.4, -0.2) is 20.9 Å². The lowest BCUT2D eigenvalue weighted by Crippen LogP contribution is -2.16. The first kappa shape index (κ1) is 23.2. The summed E-state index contributed by atoms with van der Waals surface area (Å²) in [5.41, 5.74) is 0.692. The van der Waals surface area contributed by atoms with Crippen molar-refractivity contribution in [1.82, 2.24) is 0 Å². The number of hydrogen-bond donors (Lipinski definition) is 2. The van der Waals surface area contributed by atoms with E-state index in [1.165, 1.54) is 30.3 Å². The fourth-order valence-corrected chi connectivity index (χ4v) is 4.39. The topological polar surface area (TPSA) is 84.5 Å². The van der Waals surface area contributed by atoms with Crippen LogP contribution in [0.3, 0.4) is 0 Å². The highest BCUT2D eigenvalue weighted by Gasteiger charge is 2.20. The van der Waals surface area contributed by atoms with Crippen LogP contribution in [0.5, 0.6) is 5.75 Å². The quantitative estimate of drug-likeness (QED) is 0.385. The Balaban J connectivity index is 1.95. The van der Waals surface area contributed by atoms with E-state index in [0.29, 0.717) is 17.9 Å². The maximum atomic E-state index is 12.9. The summed E-state index contributed by atoms with van der Waals surface area (Å²) in [6.07, 6.45) is 0. The van der Waals surface area contributed by atoms with Crippen molar-refractivity contribution in [3.05, 3.63) is 81.3 Å². The molecule has 0 heterocycles. The fraction of sp³-hybridized carbons (Fsp3) is 0.0952. The highest BCUT2D eigenvalue weighted by molar-refractivity contribution is 7.92. The van der Waals surface area contributed by atoms with E-state index < -0.39 is 15.9 Å². The lowest BCUT2D eigenvalue weighted by Gasteiger charge is -2.15. The second kappa shape index (κ2) is 9.78. The highest BCUT2D eigenvalue weighted by Crippen LogP contribution is 2.34. The predicted octanol–water partition coefficient (Wildman–Crippen LogP) is 6.10. The molecule has 0 saturated carbocycles. The Morgan fingerprint density at radius 2 is 1.58 bits per heavy atom. The maximum absolute atomic E-state index is 12.9. The number of hydrogen-bond acceptors (Lipinski definition) is 4. The van der Waals surface area contributed by atoms with Crippen LogP contribution < -0.4 is 14.8 Å². The van der Waals surface area contributed by atoms with Gasteiger partial charge in [0.05, 0.1) is 37.9 Å².